The molecule has 0 spiro atoms. The van der Waals surface area contributed by atoms with Crippen molar-refractivity contribution >= 4 is 27.5 Å². The number of carbonyl (C=O) groups is 2. The molecule has 0 aliphatic heterocycles. The molecular weight excluding hydrogens is 548 g/mol. The zero-order valence-electron chi connectivity index (χ0n) is 23.6. The number of halogens is 2. The molecule has 0 unspecified atom stereocenters. The molecule has 0 bridgehead atoms. The first-order chi connectivity index (χ1) is 19.5. The summed E-state index contributed by atoms with van der Waals surface area (Å²) in [5.74, 6) is -1.61. The third kappa shape index (κ3) is 9.67. The lowest BCUT2D eigenvalue weighted by molar-refractivity contribution is -0.141. The van der Waals surface area contributed by atoms with Crippen molar-refractivity contribution in [1.29, 1.82) is 0 Å². The minimum absolute atomic E-state index is 0.0504. The van der Waals surface area contributed by atoms with Gasteiger partial charge >= 0.3 is 0 Å². The highest BCUT2D eigenvalue weighted by atomic mass is 32.2. The fraction of sp³-hybridized carbons (Fsp3) is 0.355. The van der Waals surface area contributed by atoms with Crippen molar-refractivity contribution in [2.45, 2.75) is 45.7 Å². The van der Waals surface area contributed by atoms with Crippen LogP contribution in [0.1, 0.15) is 37.8 Å². The first-order valence-electron chi connectivity index (χ1n) is 13.5. The fourth-order valence-electron chi connectivity index (χ4n) is 4.40. The van der Waals surface area contributed by atoms with Crippen LogP contribution in [0, 0.1) is 17.6 Å². The molecule has 0 saturated carbocycles. The van der Waals surface area contributed by atoms with E-state index in [1.807, 2.05) is 44.2 Å². The second-order valence-electron chi connectivity index (χ2n) is 10.4. The number of sulfonamides is 1. The number of hydrogen-bond donors (Lipinski definition) is 1. The van der Waals surface area contributed by atoms with E-state index in [9.17, 15) is 26.8 Å². The van der Waals surface area contributed by atoms with E-state index in [-0.39, 0.29) is 55.8 Å². The van der Waals surface area contributed by atoms with Crippen molar-refractivity contribution in [3.05, 3.63) is 102 Å². The van der Waals surface area contributed by atoms with Crippen molar-refractivity contribution in [2.24, 2.45) is 5.92 Å². The van der Waals surface area contributed by atoms with Crippen molar-refractivity contribution in [2.75, 3.05) is 23.7 Å². The summed E-state index contributed by atoms with van der Waals surface area (Å²) in [6.07, 6.45) is 1.23. The Morgan fingerprint density at radius 2 is 1.51 bits per heavy atom. The van der Waals surface area contributed by atoms with Crippen molar-refractivity contribution in [1.82, 2.24) is 10.2 Å². The van der Waals surface area contributed by atoms with Crippen molar-refractivity contribution in [3.63, 3.8) is 0 Å². The fourth-order valence-corrected chi connectivity index (χ4v) is 5.37. The first-order valence-corrected chi connectivity index (χ1v) is 15.4. The summed E-state index contributed by atoms with van der Waals surface area (Å²) in [4.78, 5) is 28.7. The topological polar surface area (TPSA) is 86.8 Å². The van der Waals surface area contributed by atoms with Crippen LogP contribution in [-0.4, -0.2) is 50.5 Å². The smallest absolute Gasteiger partial charge is 0.243 e. The Hall–Kier alpha value is -3.79. The summed E-state index contributed by atoms with van der Waals surface area (Å²) in [6, 6.07) is 19.7. The highest BCUT2D eigenvalue weighted by Crippen LogP contribution is 2.23. The second-order valence-corrected chi connectivity index (χ2v) is 12.3. The molecule has 41 heavy (non-hydrogen) atoms. The van der Waals surface area contributed by atoms with Crippen LogP contribution in [-0.2, 0) is 32.6 Å². The van der Waals surface area contributed by atoms with Crippen LogP contribution in [0.2, 0.25) is 0 Å². The highest BCUT2D eigenvalue weighted by molar-refractivity contribution is 7.92. The minimum atomic E-state index is -3.83. The van der Waals surface area contributed by atoms with E-state index in [0.717, 1.165) is 16.1 Å². The van der Waals surface area contributed by atoms with Gasteiger partial charge in [0.1, 0.15) is 17.7 Å². The number of carbonyl (C=O) groups excluding carboxylic acids is 2. The Bertz CT molecular complexity index is 1400. The summed E-state index contributed by atoms with van der Waals surface area (Å²) in [5.41, 5.74) is 1.40. The Kier molecular flexibility index (Phi) is 11.4. The van der Waals surface area contributed by atoms with E-state index in [0.29, 0.717) is 12.1 Å². The Morgan fingerprint density at radius 1 is 0.878 bits per heavy atom. The molecule has 3 rings (SSSR count). The average molecular weight is 586 g/mol. The lowest BCUT2D eigenvalue weighted by atomic mass is 10.0. The van der Waals surface area contributed by atoms with Gasteiger partial charge in [-0.15, -0.1) is 0 Å². The average Bonchev–Trinajstić information content (AvgIpc) is 2.93. The molecule has 3 aromatic rings. The van der Waals surface area contributed by atoms with Crippen LogP contribution in [0.3, 0.4) is 0 Å². The van der Waals surface area contributed by atoms with Crippen LogP contribution < -0.4 is 9.62 Å². The SMILES string of the molecule is CC(C)CNC(=O)[C@@H](Cc1ccccc1)N(Cc1ccc(F)cc1)C(=O)CCCN(c1ccccc1F)S(C)(=O)=O. The predicted octanol–water partition coefficient (Wildman–Crippen LogP) is 4.92. The van der Waals surface area contributed by atoms with Gasteiger partial charge in [0.2, 0.25) is 21.8 Å². The van der Waals surface area contributed by atoms with Gasteiger partial charge in [0, 0.05) is 32.5 Å². The van der Waals surface area contributed by atoms with E-state index < -0.39 is 27.7 Å². The maximum Gasteiger partial charge on any atom is 0.243 e. The normalized spacial score (nSPS) is 12.1. The molecule has 10 heteroatoms. The molecule has 0 radical (unpaired) electrons. The Balaban J connectivity index is 1.88. The quantitative estimate of drug-likeness (QED) is 0.291. The highest BCUT2D eigenvalue weighted by Gasteiger charge is 2.30. The second kappa shape index (κ2) is 14.7. The van der Waals surface area contributed by atoms with Crippen LogP contribution in [0.5, 0.6) is 0 Å². The zero-order valence-corrected chi connectivity index (χ0v) is 24.4. The number of amides is 2. The lowest BCUT2D eigenvalue weighted by Gasteiger charge is -2.32. The summed E-state index contributed by atoms with van der Waals surface area (Å²) < 4.78 is 53.9. The summed E-state index contributed by atoms with van der Waals surface area (Å²) in [5, 5.41) is 2.93. The molecule has 220 valence electrons. The monoisotopic (exact) mass is 585 g/mol. The molecule has 0 fully saturated rings. The van der Waals surface area contributed by atoms with E-state index in [1.54, 1.807) is 12.1 Å². The minimum Gasteiger partial charge on any atom is -0.354 e. The molecule has 0 heterocycles. The van der Waals surface area contributed by atoms with Crippen molar-refractivity contribution < 1.29 is 26.8 Å². The van der Waals surface area contributed by atoms with Crippen LogP contribution in [0.25, 0.3) is 0 Å². The third-order valence-electron chi connectivity index (χ3n) is 6.50. The molecule has 3 aromatic carbocycles. The number of nitrogens with zero attached hydrogens (tertiary/aromatic N) is 2. The van der Waals surface area contributed by atoms with E-state index >= 15 is 0 Å². The number of hydrogen-bond acceptors (Lipinski definition) is 4. The number of nitrogens with one attached hydrogen (secondary N) is 1. The predicted molar refractivity (Wildman–Crippen MR) is 157 cm³/mol. The molecule has 0 aromatic heterocycles. The van der Waals surface area contributed by atoms with E-state index in [2.05, 4.69) is 5.32 Å². The maximum atomic E-state index is 14.4. The molecule has 0 saturated heterocycles. The van der Waals surface area contributed by atoms with Gasteiger partial charge in [0.25, 0.3) is 0 Å². The van der Waals surface area contributed by atoms with Gasteiger partial charge in [0.05, 0.1) is 11.9 Å². The molecule has 1 N–H and O–H groups in total. The number of anilines is 1. The Labute approximate surface area is 241 Å². The van der Waals surface area contributed by atoms with Crippen LogP contribution in [0.4, 0.5) is 14.5 Å². The van der Waals surface area contributed by atoms with Gasteiger partial charge in [-0.05, 0) is 47.7 Å². The largest absolute Gasteiger partial charge is 0.354 e. The molecule has 0 aliphatic carbocycles. The lowest BCUT2D eigenvalue weighted by Crippen LogP contribution is -2.51. The first kappa shape index (κ1) is 31.7. The van der Waals surface area contributed by atoms with E-state index in [1.165, 1.54) is 41.3 Å². The summed E-state index contributed by atoms with van der Waals surface area (Å²) >= 11 is 0. The maximum absolute atomic E-state index is 14.4. The Morgan fingerprint density at radius 3 is 2.12 bits per heavy atom. The summed E-state index contributed by atoms with van der Waals surface area (Å²) in [7, 11) is -3.83. The third-order valence-corrected chi connectivity index (χ3v) is 7.68. The van der Waals surface area contributed by atoms with Gasteiger partial charge in [-0.25, -0.2) is 17.2 Å². The van der Waals surface area contributed by atoms with Crippen LogP contribution >= 0.6 is 0 Å². The number of para-hydroxylation sites is 1. The summed E-state index contributed by atoms with van der Waals surface area (Å²) in [6.45, 7) is 4.29. The molecule has 0 aliphatic rings. The van der Waals surface area contributed by atoms with Gasteiger partial charge in [-0.3, -0.25) is 13.9 Å². The number of benzene rings is 3. The van der Waals surface area contributed by atoms with Gasteiger partial charge in [0.15, 0.2) is 0 Å². The zero-order chi connectivity index (χ0) is 30.0. The molecule has 1 atom stereocenters. The molecular formula is C31H37F2N3O4S. The van der Waals surface area contributed by atoms with Gasteiger partial charge < -0.3 is 10.2 Å². The van der Waals surface area contributed by atoms with E-state index in [4.69, 9.17) is 0 Å². The molecule has 2 amide bonds. The van der Waals surface area contributed by atoms with Crippen molar-refractivity contribution in [3.8, 4) is 0 Å². The van der Waals surface area contributed by atoms with Gasteiger partial charge in [-0.1, -0.05) is 68.4 Å². The van der Waals surface area contributed by atoms with Crippen LogP contribution in [0.15, 0.2) is 78.9 Å². The standard InChI is InChI=1S/C31H37F2N3O4S/c1-23(2)21-34-31(38)29(20-24-10-5-4-6-11-24)35(22-25-15-17-26(32)18-16-25)30(37)14-9-19-36(41(3,39)40)28-13-8-7-12-27(28)33/h4-8,10-13,15-18,23,29H,9,14,19-22H2,1-3H3,(H,34,38)/t29-/m1/s1. The molecule has 7 nitrogen and oxygen atoms in total. The number of rotatable bonds is 14. The van der Waals surface area contributed by atoms with Gasteiger partial charge in [-0.2, -0.15) is 0 Å².